The summed E-state index contributed by atoms with van der Waals surface area (Å²) in [6.45, 7) is 4.71. The van der Waals surface area contributed by atoms with Crippen LogP contribution in [0.3, 0.4) is 0 Å². The topological polar surface area (TPSA) is 59.9 Å². The van der Waals surface area contributed by atoms with Gasteiger partial charge in [0.1, 0.15) is 6.61 Å². The van der Waals surface area contributed by atoms with Crippen molar-refractivity contribution in [3.8, 4) is 11.5 Å². The molecule has 0 fully saturated rings. The van der Waals surface area contributed by atoms with E-state index in [-0.39, 0.29) is 11.2 Å². The third-order valence-electron chi connectivity index (χ3n) is 4.39. The Morgan fingerprint density at radius 3 is 2.53 bits per heavy atom. The van der Waals surface area contributed by atoms with E-state index >= 15 is 0 Å². The third-order valence-corrected chi connectivity index (χ3v) is 5.75. The second-order valence-electron chi connectivity index (χ2n) is 6.86. The lowest BCUT2D eigenvalue weighted by molar-refractivity contribution is -0.120. The minimum atomic E-state index is -0.305. The van der Waals surface area contributed by atoms with Crippen LogP contribution in [0.25, 0.3) is 0 Å². The number of hydrogen-bond donors (Lipinski definition) is 1. The largest absolute Gasteiger partial charge is 0.490 e. The predicted molar refractivity (Wildman–Crippen MR) is 131 cm³/mol. The van der Waals surface area contributed by atoms with Crippen LogP contribution in [-0.4, -0.2) is 24.0 Å². The number of halogens is 1. The van der Waals surface area contributed by atoms with Gasteiger partial charge in [0, 0.05) is 9.92 Å². The minimum Gasteiger partial charge on any atom is -0.490 e. The van der Waals surface area contributed by atoms with Crippen LogP contribution in [-0.2, 0) is 11.4 Å². The number of benzene rings is 3. The number of hydrazone groups is 1. The van der Waals surface area contributed by atoms with Gasteiger partial charge in [-0.2, -0.15) is 5.10 Å². The van der Waals surface area contributed by atoms with E-state index in [0.29, 0.717) is 29.7 Å². The number of thioether (sulfide) groups is 1. The summed E-state index contributed by atoms with van der Waals surface area (Å²) in [5.41, 5.74) is 4.46. The Balaban J connectivity index is 1.57. The molecule has 0 spiro atoms. The molecule has 0 aliphatic carbocycles. The highest BCUT2D eigenvalue weighted by atomic mass is 35.5. The summed E-state index contributed by atoms with van der Waals surface area (Å²) >= 11 is 7.34. The van der Waals surface area contributed by atoms with Crippen LogP contribution in [0.2, 0.25) is 5.02 Å². The summed E-state index contributed by atoms with van der Waals surface area (Å²) in [4.78, 5) is 13.3. The fourth-order valence-corrected chi connectivity index (χ4v) is 3.75. The summed E-state index contributed by atoms with van der Waals surface area (Å²) < 4.78 is 11.6. The van der Waals surface area contributed by atoms with E-state index in [0.717, 1.165) is 16.0 Å². The Hall–Kier alpha value is -2.96. The number of ether oxygens (including phenoxy) is 2. The van der Waals surface area contributed by atoms with Crippen molar-refractivity contribution in [2.24, 2.45) is 5.10 Å². The predicted octanol–water partition coefficient (Wildman–Crippen LogP) is 5.95. The van der Waals surface area contributed by atoms with E-state index in [9.17, 15) is 4.79 Å². The Morgan fingerprint density at radius 2 is 1.81 bits per heavy atom. The van der Waals surface area contributed by atoms with Gasteiger partial charge in [-0.25, -0.2) is 5.43 Å². The molecule has 5 nitrogen and oxygen atoms in total. The number of nitrogens with one attached hydrogen (secondary N) is 1. The Bertz CT molecular complexity index is 1040. The Labute approximate surface area is 197 Å². The van der Waals surface area contributed by atoms with Gasteiger partial charge in [-0.1, -0.05) is 41.9 Å². The number of carbonyl (C=O) groups excluding carboxylic acids is 1. The maximum atomic E-state index is 12.3. The Morgan fingerprint density at radius 1 is 1.06 bits per heavy atom. The molecule has 0 radical (unpaired) electrons. The lowest BCUT2D eigenvalue weighted by Crippen LogP contribution is -2.26. The second kappa shape index (κ2) is 12.2. The van der Waals surface area contributed by atoms with Crippen molar-refractivity contribution in [3.05, 3.63) is 88.9 Å². The van der Waals surface area contributed by atoms with Gasteiger partial charge in [0.05, 0.1) is 18.1 Å². The van der Waals surface area contributed by atoms with E-state index in [2.05, 4.69) is 10.5 Å². The average Bonchev–Trinajstić information content (AvgIpc) is 2.81. The quantitative estimate of drug-likeness (QED) is 0.227. The molecule has 0 heterocycles. The lowest BCUT2D eigenvalue weighted by atomic mass is 10.2. The summed E-state index contributed by atoms with van der Waals surface area (Å²) in [6.07, 6.45) is 1.58. The monoisotopic (exact) mass is 468 g/mol. The molecule has 0 aromatic heterocycles. The van der Waals surface area contributed by atoms with Crippen LogP contribution >= 0.6 is 23.4 Å². The van der Waals surface area contributed by atoms with Crippen LogP contribution < -0.4 is 14.9 Å². The van der Waals surface area contributed by atoms with Crippen LogP contribution in [0, 0.1) is 0 Å². The highest BCUT2D eigenvalue weighted by Gasteiger charge is 2.13. The zero-order valence-electron chi connectivity index (χ0n) is 18.0. The molecule has 0 saturated heterocycles. The van der Waals surface area contributed by atoms with Crippen LogP contribution in [0.1, 0.15) is 25.0 Å². The van der Waals surface area contributed by atoms with Gasteiger partial charge < -0.3 is 9.47 Å². The molecule has 1 N–H and O–H groups in total. The molecule has 1 amide bonds. The standard InChI is InChI=1S/C25H25ClN2O3S/c1-3-30-24-15-20(9-14-23(24)31-17-19-7-5-4-6-8-19)16-27-28-25(29)18(2)32-22-12-10-21(26)11-13-22/h4-16,18H,3,17H2,1-2H3,(H,28,29)/b27-16+. The molecule has 3 rings (SSSR count). The first-order chi connectivity index (χ1) is 15.5. The summed E-state index contributed by atoms with van der Waals surface area (Å²) in [5.74, 6) is 1.10. The molecular weight excluding hydrogens is 444 g/mol. The van der Waals surface area contributed by atoms with Gasteiger partial charge in [-0.05, 0) is 67.4 Å². The zero-order chi connectivity index (χ0) is 22.8. The van der Waals surface area contributed by atoms with Crippen molar-refractivity contribution in [2.45, 2.75) is 30.6 Å². The SMILES string of the molecule is CCOc1cc(/C=N/NC(=O)C(C)Sc2ccc(Cl)cc2)ccc1OCc1ccccc1. The zero-order valence-corrected chi connectivity index (χ0v) is 19.5. The average molecular weight is 469 g/mol. The van der Waals surface area contributed by atoms with E-state index < -0.39 is 0 Å². The summed E-state index contributed by atoms with van der Waals surface area (Å²) in [6, 6.07) is 22.9. The fourth-order valence-electron chi connectivity index (χ4n) is 2.76. The first-order valence-electron chi connectivity index (χ1n) is 10.2. The molecule has 0 aliphatic rings. The molecule has 0 aliphatic heterocycles. The molecule has 0 bridgehead atoms. The molecule has 7 heteroatoms. The van der Waals surface area contributed by atoms with Gasteiger partial charge in [-0.3, -0.25) is 4.79 Å². The van der Waals surface area contributed by atoms with E-state index in [4.69, 9.17) is 21.1 Å². The highest BCUT2D eigenvalue weighted by molar-refractivity contribution is 8.00. The fraction of sp³-hybridized carbons (Fsp3) is 0.200. The van der Waals surface area contributed by atoms with E-state index in [1.165, 1.54) is 11.8 Å². The maximum Gasteiger partial charge on any atom is 0.253 e. The van der Waals surface area contributed by atoms with Gasteiger partial charge in [0.2, 0.25) is 0 Å². The lowest BCUT2D eigenvalue weighted by Gasteiger charge is -2.13. The normalized spacial score (nSPS) is 11.8. The molecular formula is C25H25ClN2O3S. The van der Waals surface area contributed by atoms with Gasteiger partial charge in [0.25, 0.3) is 5.91 Å². The molecule has 0 saturated carbocycles. The number of carbonyl (C=O) groups is 1. The van der Waals surface area contributed by atoms with Crippen LogP contribution in [0.5, 0.6) is 11.5 Å². The third kappa shape index (κ3) is 7.32. The molecule has 166 valence electrons. The van der Waals surface area contributed by atoms with Gasteiger partial charge >= 0.3 is 0 Å². The number of amides is 1. The van der Waals surface area contributed by atoms with Crippen molar-refractivity contribution in [3.63, 3.8) is 0 Å². The first kappa shape index (κ1) is 23.7. The highest BCUT2D eigenvalue weighted by Crippen LogP contribution is 2.29. The second-order valence-corrected chi connectivity index (χ2v) is 8.71. The van der Waals surface area contributed by atoms with Crippen LogP contribution in [0.4, 0.5) is 0 Å². The van der Waals surface area contributed by atoms with E-state index in [1.807, 2.05) is 74.5 Å². The van der Waals surface area contributed by atoms with Crippen molar-refractivity contribution < 1.29 is 14.3 Å². The van der Waals surface area contributed by atoms with Crippen molar-refractivity contribution in [1.29, 1.82) is 0 Å². The first-order valence-corrected chi connectivity index (χ1v) is 11.5. The molecule has 32 heavy (non-hydrogen) atoms. The Kier molecular flexibility index (Phi) is 9.01. The van der Waals surface area contributed by atoms with Gasteiger partial charge in [-0.15, -0.1) is 11.8 Å². The number of hydrogen-bond acceptors (Lipinski definition) is 5. The van der Waals surface area contributed by atoms with Crippen molar-refractivity contribution in [1.82, 2.24) is 5.43 Å². The van der Waals surface area contributed by atoms with Crippen LogP contribution in [0.15, 0.2) is 82.8 Å². The summed E-state index contributed by atoms with van der Waals surface area (Å²) in [5, 5.41) is 4.45. The van der Waals surface area contributed by atoms with Crippen molar-refractivity contribution >= 4 is 35.5 Å². The maximum absolute atomic E-state index is 12.3. The molecule has 3 aromatic carbocycles. The number of rotatable bonds is 10. The molecule has 1 unspecified atom stereocenters. The smallest absolute Gasteiger partial charge is 0.253 e. The number of nitrogens with zero attached hydrogens (tertiary/aromatic N) is 1. The van der Waals surface area contributed by atoms with Gasteiger partial charge in [0.15, 0.2) is 11.5 Å². The van der Waals surface area contributed by atoms with E-state index in [1.54, 1.807) is 18.3 Å². The molecule has 1 atom stereocenters. The summed E-state index contributed by atoms with van der Waals surface area (Å²) in [7, 11) is 0. The minimum absolute atomic E-state index is 0.186. The van der Waals surface area contributed by atoms with Crippen molar-refractivity contribution in [2.75, 3.05) is 6.61 Å². The molecule has 3 aromatic rings.